The third-order valence-electron chi connectivity index (χ3n) is 4.03. The summed E-state index contributed by atoms with van der Waals surface area (Å²) in [5.74, 6) is -0.516. The van der Waals surface area contributed by atoms with Gasteiger partial charge in [-0.3, -0.25) is 9.69 Å². The van der Waals surface area contributed by atoms with Gasteiger partial charge >= 0.3 is 12.2 Å². The summed E-state index contributed by atoms with van der Waals surface area (Å²) >= 11 is 0. The topological polar surface area (TPSA) is 49.4 Å². The lowest BCUT2D eigenvalue weighted by Gasteiger charge is -2.23. The molecule has 1 aliphatic heterocycles. The molecule has 0 radical (unpaired) electrons. The predicted molar refractivity (Wildman–Crippen MR) is 78.6 cm³/mol. The summed E-state index contributed by atoms with van der Waals surface area (Å²) in [5, 5.41) is 2.52. The van der Waals surface area contributed by atoms with Gasteiger partial charge in [-0.2, -0.15) is 13.2 Å². The minimum Gasteiger partial charge on any atom is -0.319 e. The van der Waals surface area contributed by atoms with Gasteiger partial charge in [-0.05, 0) is 31.0 Å². The van der Waals surface area contributed by atoms with Crippen molar-refractivity contribution in [3.63, 3.8) is 0 Å². The predicted octanol–water partition coefficient (Wildman–Crippen LogP) is 3.66. The van der Waals surface area contributed by atoms with E-state index in [9.17, 15) is 22.8 Å². The third kappa shape index (κ3) is 3.33. The van der Waals surface area contributed by atoms with Gasteiger partial charge in [0.05, 0.1) is 5.56 Å². The molecule has 1 N–H and O–H groups in total. The molecule has 1 aliphatic rings. The Morgan fingerprint density at radius 3 is 2.52 bits per heavy atom. The van der Waals surface area contributed by atoms with Gasteiger partial charge in [-0.25, -0.2) is 4.79 Å². The molecule has 1 atom stereocenters. The summed E-state index contributed by atoms with van der Waals surface area (Å²) < 4.78 is 38.6. The van der Waals surface area contributed by atoms with Crippen LogP contribution in [0.4, 0.5) is 18.0 Å². The summed E-state index contributed by atoms with van der Waals surface area (Å²) in [6, 6.07) is 3.94. The maximum absolute atomic E-state index is 12.9. The van der Waals surface area contributed by atoms with Crippen LogP contribution in [0.5, 0.6) is 0 Å². The second kappa shape index (κ2) is 6.22. The van der Waals surface area contributed by atoms with Crippen LogP contribution in [0.3, 0.4) is 0 Å². The number of benzene rings is 1. The minimum atomic E-state index is -4.50. The first kappa shape index (κ1) is 17.3. The Balaban J connectivity index is 2.29. The molecule has 4 nitrogen and oxygen atoms in total. The van der Waals surface area contributed by atoms with E-state index in [1.807, 2.05) is 6.92 Å². The molecule has 2 rings (SSSR count). The normalized spacial score (nSPS) is 21.7. The second-order valence-electron chi connectivity index (χ2n) is 5.80. The number of unbranched alkanes of at least 4 members (excludes halogenated alkanes) is 2. The molecule has 1 unspecified atom stereocenters. The fourth-order valence-corrected chi connectivity index (χ4v) is 2.62. The minimum absolute atomic E-state index is 0.128. The zero-order chi connectivity index (χ0) is 17.3. The number of carbonyl (C=O) groups excluding carboxylic acids is 2. The standard InChI is InChI=1S/C16H19F3N2O2/c1-3-4-5-9-21-13(22)15(2,20-14(21)23)11-7-6-8-12(10-11)16(17,18)19/h6-8,10H,3-5,9H2,1-2H3,(H,20,23). The Kier molecular flexibility index (Phi) is 4.68. The van der Waals surface area contributed by atoms with Gasteiger partial charge in [0.15, 0.2) is 0 Å². The number of halogens is 3. The number of hydrogen-bond acceptors (Lipinski definition) is 2. The van der Waals surface area contributed by atoms with Crippen LogP contribution in [-0.4, -0.2) is 23.4 Å². The van der Waals surface area contributed by atoms with Crippen molar-refractivity contribution < 1.29 is 22.8 Å². The summed E-state index contributed by atoms with van der Waals surface area (Å²) in [5.41, 5.74) is -2.18. The molecule has 1 fully saturated rings. The number of hydrogen-bond donors (Lipinski definition) is 1. The van der Waals surface area contributed by atoms with Gasteiger partial charge in [0.25, 0.3) is 5.91 Å². The van der Waals surface area contributed by atoms with E-state index in [0.717, 1.165) is 29.9 Å². The number of imide groups is 1. The number of amides is 3. The Bertz CT molecular complexity index is 616. The highest BCUT2D eigenvalue weighted by molar-refractivity contribution is 6.07. The highest BCUT2D eigenvalue weighted by Gasteiger charge is 2.49. The molecule has 3 amide bonds. The lowest BCUT2D eigenvalue weighted by molar-refractivity contribution is -0.138. The van der Waals surface area contributed by atoms with Gasteiger partial charge in [0.2, 0.25) is 0 Å². The molecule has 0 spiro atoms. The van der Waals surface area contributed by atoms with E-state index in [1.54, 1.807) is 0 Å². The molecular formula is C16H19F3N2O2. The van der Waals surface area contributed by atoms with E-state index < -0.39 is 29.2 Å². The fraction of sp³-hybridized carbons (Fsp3) is 0.500. The van der Waals surface area contributed by atoms with Gasteiger partial charge in [0, 0.05) is 6.54 Å². The summed E-state index contributed by atoms with van der Waals surface area (Å²) in [4.78, 5) is 25.7. The van der Waals surface area contributed by atoms with E-state index in [2.05, 4.69) is 5.32 Å². The van der Waals surface area contributed by atoms with Crippen molar-refractivity contribution in [1.29, 1.82) is 0 Å². The number of alkyl halides is 3. The highest BCUT2D eigenvalue weighted by atomic mass is 19.4. The molecule has 1 saturated heterocycles. The third-order valence-corrected chi connectivity index (χ3v) is 4.03. The first-order valence-corrected chi connectivity index (χ1v) is 7.52. The van der Waals surface area contributed by atoms with Crippen LogP contribution in [0.25, 0.3) is 0 Å². The van der Waals surface area contributed by atoms with Crippen molar-refractivity contribution in [3.8, 4) is 0 Å². The van der Waals surface area contributed by atoms with Crippen LogP contribution in [0.1, 0.15) is 44.2 Å². The highest BCUT2D eigenvalue weighted by Crippen LogP contribution is 2.34. The number of nitrogens with one attached hydrogen (secondary N) is 1. The number of nitrogens with zero attached hydrogens (tertiary/aromatic N) is 1. The molecule has 0 saturated carbocycles. The van der Waals surface area contributed by atoms with Crippen LogP contribution in [-0.2, 0) is 16.5 Å². The van der Waals surface area contributed by atoms with Crippen molar-refractivity contribution in [2.75, 3.05) is 6.54 Å². The van der Waals surface area contributed by atoms with Crippen molar-refractivity contribution in [2.45, 2.75) is 44.8 Å². The zero-order valence-corrected chi connectivity index (χ0v) is 13.0. The average Bonchev–Trinajstić information content (AvgIpc) is 2.71. The molecule has 1 heterocycles. The van der Waals surface area contributed by atoms with Crippen LogP contribution in [0, 0.1) is 0 Å². The first-order chi connectivity index (χ1) is 10.7. The quantitative estimate of drug-likeness (QED) is 0.662. The summed E-state index contributed by atoms with van der Waals surface area (Å²) in [6.07, 6.45) is -2.01. The first-order valence-electron chi connectivity index (χ1n) is 7.52. The molecule has 1 aromatic rings. The number of urea groups is 1. The zero-order valence-electron chi connectivity index (χ0n) is 13.0. The summed E-state index contributed by atoms with van der Waals surface area (Å²) in [6.45, 7) is 3.70. The Morgan fingerprint density at radius 2 is 1.91 bits per heavy atom. The Morgan fingerprint density at radius 1 is 1.22 bits per heavy atom. The average molecular weight is 328 g/mol. The van der Waals surface area contributed by atoms with Gasteiger partial charge in [0.1, 0.15) is 5.54 Å². The second-order valence-corrected chi connectivity index (χ2v) is 5.80. The molecule has 1 aromatic carbocycles. The fourth-order valence-electron chi connectivity index (χ4n) is 2.62. The van der Waals surface area contributed by atoms with E-state index in [-0.39, 0.29) is 12.1 Å². The Labute approximate surface area is 132 Å². The molecule has 126 valence electrons. The van der Waals surface area contributed by atoms with E-state index in [4.69, 9.17) is 0 Å². The van der Waals surface area contributed by atoms with Crippen molar-refractivity contribution in [2.24, 2.45) is 0 Å². The largest absolute Gasteiger partial charge is 0.416 e. The number of rotatable bonds is 5. The molecule has 0 aromatic heterocycles. The molecular weight excluding hydrogens is 309 g/mol. The van der Waals surface area contributed by atoms with Crippen molar-refractivity contribution in [3.05, 3.63) is 35.4 Å². The molecule has 23 heavy (non-hydrogen) atoms. The van der Waals surface area contributed by atoms with E-state index >= 15 is 0 Å². The van der Waals surface area contributed by atoms with E-state index in [0.29, 0.717) is 6.42 Å². The molecule has 0 aliphatic carbocycles. The van der Waals surface area contributed by atoms with Gasteiger partial charge < -0.3 is 5.32 Å². The van der Waals surface area contributed by atoms with Gasteiger partial charge in [-0.1, -0.05) is 31.9 Å². The van der Waals surface area contributed by atoms with Crippen molar-refractivity contribution in [1.82, 2.24) is 10.2 Å². The van der Waals surface area contributed by atoms with Crippen LogP contribution in [0.2, 0.25) is 0 Å². The van der Waals surface area contributed by atoms with Gasteiger partial charge in [-0.15, -0.1) is 0 Å². The lowest BCUT2D eigenvalue weighted by atomic mass is 9.90. The maximum atomic E-state index is 12.9. The molecule has 0 bridgehead atoms. The Hall–Kier alpha value is -2.05. The smallest absolute Gasteiger partial charge is 0.319 e. The van der Waals surface area contributed by atoms with Crippen LogP contribution >= 0.6 is 0 Å². The van der Waals surface area contributed by atoms with Crippen molar-refractivity contribution >= 4 is 11.9 Å². The lowest BCUT2D eigenvalue weighted by Crippen LogP contribution is -2.41. The summed E-state index contributed by atoms with van der Waals surface area (Å²) in [7, 11) is 0. The molecule has 7 heteroatoms. The number of carbonyl (C=O) groups is 2. The van der Waals surface area contributed by atoms with Crippen LogP contribution in [0.15, 0.2) is 24.3 Å². The van der Waals surface area contributed by atoms with E-state index in [1.165, 1.54) is 19.1 Å². The SMILES string of the molecule is CCCCCN1C(=O)NC(C)(c2cccc(C(F)(F)F)c2)C1=O. The van der Waals surface area contributed by atoms with Crippen LogP contribution < -0.4 is 5.32 Å². The monoisotopic (exact) mass is 328 g/mol. The maximum Gasteiger partial charge on any atom is 0.416 e.